The monoisotopic (exact) mass is 299 g/mol. The van der Waals surface area contributed by atoms with Crippen LogP contribution in [-0.2, 0) is 19.7 Å². The van der Waals surface area contributed by atoms with Gasteiger partial charge in [0.25, 0.3) is 0 Å². The third-order valence-corrected chi connectivity index (χ3v) is 0.680. The number of nitrogens with one attached hydrogen (secondary N) is 1. The fourth-order valence-corrected chi connectivity index (χ4v) is 0.352. The molecule has 0 unspecified atom stereocenters. The van der Waals surface area contributed by atoms with Gasteiger partial charge in [-0.15, -0.1) is 5.69 Å². The van der Waals surface area contributed by atoms with Crippen LogP contribution in [0, 0.1) is 0 Å². The van der Waals surface area contributed by atoms with Crippen molar-refractivity contribution in [1.82, 2.24) is 4.98 Å². The van der Waals surface area contributed by atoms with Crippen LogP contribution in [0.15, 0.2) is 24.5 Å². The van der Waals surface area contributed by atoms with Crippen LogP contribution in [0.25, 0.3) is 5.73 Å². The average molecular weight is 298 g/mol. The third kappa shape index (κ3) is 4.07. The van der Waals surface area contributed by atoms with Crippen LogP contribution in [0.5, 0.6) is 0 Å². The van der Waals surface area contributed by atoms with Crippen molar-refractivity contribution >= 4 is 5.69 Å². The SMILES string of the molecule is [F][Re].[NH-]c1ccncc1. The maximum absolute atomic E-state index is 9.56. The van der Waals surface area contributed by atoms with Crippen LogP contribution in [0.2, 0.25) is 0 Å². The zero-order chi connectivity index (χ0) is 7.11. The van der Waals surface area contributed by atoms with Gasteiger partial charge < -0.3 is 5.73 Å². The Morgan fingerprint density at radius 3 is 2.00 bits per heavy atom. The number of hydrogen-bond donors (Lipinski definition) is 0. The minimum absolute atomic E-state index is 0.222. The molecule has 9 heavy (non-hydrogen) atoms. The molecule has 1 aromatic rings. The predicted molar refractivity (Wildman–Crippen MR) is 29.3 cm³/mol. The Bertz CT molecular complexity index is 145. The number of aromatic nitrogens is 1. The average Bonchev–Trinajstić information content (AvgIpc) is 1.94. The molecule has 2 nitrogen and oxygen atoms in total. The van der Waals surface area contributed by atoms with Crippen molar-refractivity contribution in [3.8, 4) is 0 Å². The molecule has 0 saturated carbocycles. The molecule has 0 atom stereocenters. The Morgan fingerprint density at radius 1 is 1.33 bits per heavy atom. The quantitative estimate of drug-likeness (QED) is 0.723. The van der Waals surface area contributed by atoms with Crippen molar-refractivity contribution in [3.05, 3.63) is 30.3 Å². The first kappa shape index (κ1) is 8.54. The molecule has 0 fully saturated rings. The summed E-state index contributed by atoms with van der Waals surface area (Å²) in [5.41, 5.74) is 7.46. The fraction of sp³-hybridized carbons (Fsp3) is 0. The molecule has 0 aromatic carbocycles. The summed E-state index contributed by atoms with van der Waals surface area (Å²) < 4.78 is 9.56. The van der Waals surface area contributed by atoms with Gasteiger partial charge >= 0.3 is 22.9 Å². The van der Waals surface area contributed by atoms with E-state index in [1.54, 1.807) is 24.5 Å². The molecule has 1 rings (SSSR count). The molecule has 0 radical (unpaired) electrons. The summed E-state index contributed by atoms with van der Waals surface area (Å²) in [6.45, 7) is 0. The minimum Gasteiger partial charge on any atom is -0.699 e. The zero-order valence-electron chi connectivity index (χ0n) is 4.51. The molecule has 0 saturated heterocycles. The molecule has 1 heterocycles. The first-order chi connectivity index (χ1) is 4.39. The van der Waals surface area contributed by atoms with Crippen molar-refractivity contribution in [2.24, 2.45) is 0 Å². The molecule has 1 aromatic heterocycles. The standard InChI is InChI=1S/C5H5N2.FH.Re/c6-5-1-3-7-4-2-5;;/h1-4H,(H-,6,7);1H;/q-1;;+1/p-1. The van der Waals surface area contributed by atoms with Gasteiger partial charge in [0, 0.05) is 12.4 Å². The summed E-state index contributed by atoms with van der Waals surface area (Å²) in [5, 5.41) is 0. The smallest absolute Gasteiger partial charge is 0.0255 e. The summed E-state index contributed by atoms with van der Waals surface area (Å²) in [4.78, 5) is 3.73. The maximum Gasteiger partial charge on any atom is 0.0255 e. The second-order valence-corrected chi connectivity index (χ2v) is 1.24. The van der Waals surface area contributed by atoms with Gasteiger partial charge in [-0.3, -0.25) is 4.98 Å². The first-order valence-corrected chi connectivity index (χ1v) is 3.18. The molecule has 0 aliphatic carbocycles. The fourth-order valence-electron chi connectivity index (χ4n) is 0.352. The summed E-state index contributed by atoms with van der Waals surface area (Å²) >= 11 is 0.222. The van der Waals surface area contributed by atoms with Gasteiger partial charge in [0.1, 0.15) is 0 Å². The zero-order valence-corrected chi connectivity index (χ0v) is 7.23. The van der Waals surface area contributed by atoms with Gasteiger partial charge in [-0.1, -0.05) is 12.1 Å². The Kier molecular flexibility index (Phi) is 5.39. The maximum atomic E-state index is 9.56. The number of nitrogens with zero attached hydrogens (tertiary/aromatic N) is 1. The molecule has 4 heteroatoms. The first-order valence-electron chi connectivity index (χ1n) is 2.15. The Morgan fingerprint density at radius 2 is 1.78 bits per heavy atom. The number of halogens is 1. The van der Waals surface area contributed by atoms with E-state index < -0.39 is 0 Å². The van der Waals surface area contributed by atoms with Crippen LogP contribution in [0.4, 0.5) is 8.91 Å². The molecule has 1 N–H and O–H groups in total. The van der Waals surface area contributed by atoms with E-state index in [1.807, 2.05) is 0 Å². The molecular formula is C5H5FN2Re-. The van der Waals surface area contributed by atoms with Crippen molar-refractivity contribution in [1.29, 1.82) is 0 Å². The molecule has 0 spiro atoms. The second-order valence-electron chi connectivity index (χ2n) is 1.24. The van der Waals surface area contributed by atoms with E-state index in [0.717, 1.165) is 0 Å². The van der Waals surface area contributed by atoms with Gasteiger partial charge in [0.15, 0.2) is 0 Å². The summed E-state index contributed by atoms with van der Waals surface area (Å²) in [5.74, 6) is 0. The van der Waals surface area contributed by atoms with Gasteiger partial charge in [0.2, 0.25) is 0 Å². The Balaban J connectivity index is 0.000000291. The molecule has 0 aliphatic rings. The van der Waals surface area contributed by atoms with E-state index in [-0.39, 0.29) is 19.7 Å². The number of rotatable bonds is 0. The van der Waals surface area contributed by atoms with Gasteiger partial charge in [0.05, 0.1) is 0 Å². The number of pyridine rings is 1. The molecule has 0 amide bonds. The third-order valence-electron chi connectivity index (χ3n) is 0.680. The molecular weight excluding hydrogens is 293 g/mol. The van der Waals surface area contributed by atoms with Crippen molar-refractivity contribution < 1.29 is 22.9 Å². The van der Waals surface area contributed by atoms with E-state index in [9.17, 15) is 3.22 Å². The van der Waals surface area contributed by atoms with E-state index in [2.05, 4.69) is 4.98 Å². The van der Waals surface area contributed by atoms with Gasteiger partial charge in [-0.25, -0.2) is 0 Å². The molecule has 0 aliphatic heterocycles. The Hall–Kier alpha value is -0.458. The van der Waals surface area contributed by atoms with E-state index in [1.165, 1.54) is 0 Å². The van der Waals surface area contributed by atoms with E-state index in [0.29, 0.717) is 5.69 Å². The summed E-state index contributed by atoms with van der Waals surface area (Å²) in [6, 6.07) is 3.28. The van der Waals surface area contributed by atoms with Crippen LogP contribution < -0.4 is 0 Å². The van der Waals surface area contributed by atoms with Crippen LogP contribution in [-0.4, -0.2) is 4.98 Å². The van der Waals surface area contributed by atoms with Crippen molar-refractivity contribution in [2.45, 2.75) is 0 Å². The Labute approximate surface area is 64.3 Å². The topological polar surface area (TPSA) is 36.7 Å². The van der Waals surface area contributed by atoms with Crippen molar-refractivity contribution in [2.75, 3.05) is 0 Å². The van der Waals surface area contributed by atoms with Crippen LogP contribution >= 0.6 is 0 Å². The normalized spacial score (nSPS) is 7.33. The summed E-state index contributed by atoms with van der Waals surface area (Å²) in [7, 11) is 0. The largest absolute Gasteiger partial charge is 0.699 e. The second kappa shape index (κ2) is 5.67. The molecule has 0 bridgehead atoms. The predicted octanol–water partition coefficient (Wildman–Crippen LogP) is 2.18. The van der Waals surface area contributed by atoms with Gasteiger partial charge in [-0.2, -0.15) is 0 Å². The van der Waals surface area contributed by atoms with E-state index in [4.69, 9.17) is 5.73 Å². The van der Waals surface area contributed by atoms with Crippen LogP contribution in [0.1, 0.15) is 0 Å². The van der Waals surface area contributed by atoms with Crippen LogP contribution in [0.3, 0.4) is 0 Å². The summed E-state index contributed by atoms with van der Waals surface area (Å²) in [6.07, 6.45) is 3.20. The minimum atomic E-state index is 0.222. The number of hydrogen-bond acceptors (Lipinski definition) is 1. The van der Waals surface area contributed by atoms with Crippen molar-refractivity contribution in [3.63, 3.8) is 0 Å². The van der Waals surface area contributed by atoms with Gasteiger partial charge in [-0.05, 0) is 0 Å². The van der Waals surface area contributed by atoms with E-state index >= 15 is 0 Å². The molecule has 50 valence electrons.